The Morgan fingerprint density at radius 3 is 2.86 bits per heavy atom. The van der Waals surface area contributed by atoms with E-state index in [2.05, 4.69) is 15.4 Å². The number of ether oxygens (including phenoxy) is 1. The van der Waals surface area contributed by atoms with Gasteiger partial charge in [0.2, 0.25) is 5.88 Å². The van der Waals surface area contributed by atoms with E-state index in [0.717, 1.165) is 18.5 Å². The lowest BCUT2D eigenvalue weighted by molar-refractivity contribution is 0.0706. The first-order valence-electron chi connectivity index (χ1n) is 9.80. The first-order valence-corrected chi connectivity index (χ1v) is 9.80. The molecule has 0 unspecified atom stereocenters. The summed E-state index contributed by atoms with van der Waals surface area (Å²) in [6.07, 6.45) is 6.07. The summed E-state index contributed by atoms with van der Waals surface area (Å²) in [4.78, 5) is 31.9. The fraction of sp³-hybridized carbons (Fsp3) is 0.500. The average Bonchev–Trinajstić information content (AvgIpc) is 3.45. The zero-order chi connectivity index (χ0) is 19.7. The number of aryl methyl sites for hydroxylation is 1. The van der Waals surface area contributed by atoms with Crippen molar-refractivity contribution in [1.82, 2.24) is 25.0 Å². The maximum atomic E-state index is 12.9. The Morgan fingerprint density at radius 1 is 1.36 bits per heavy atom. The summed E-state index contributed by atoms with van der Waals surface area (Å²) in [7, 11) is 1.55. The lowest BCUT2D eigenvalue weighted by Crippen LogP contribution is -2.33. The Hall–Kier alpha value is -2.90. The molecule has 28 heavy (non-hydrogen) atoms. The topological polar surface area (TPSA) is 89.3 Å². The molecule has 1 saturated carbocycles. The number of rotatable bonds is 6. The van der Waals surface area contributed by atoms with Gasteiger partial charge in [0.1, 0.15) is 5.69 Å². The summed E-state index contributed by atoms with van der Waals surface area (Å²) >= 11 is 0. The van der Waals surface area contributed by atoms with Gasteiger partial charge in [-0.15, -0.1) is 0 Å². The minimum Gasteiger partial charge on any atom is -0.481 e. The van der Waals surface area contributed by atoms with Crippen LogP contribution in [-0.2, 0) is 19.6 Å². The number of nitrogens with zero attached hydrogens (tertiary/aromatic N) is 4. The SMILES string of the molecule is CCn1nccc1C(=O)NCc1cc2c(nc1OC)CN(C1CCCC1)C2=O. The number of nitrogens with one attached hydrogen (secondary N) is 1. The Labute approximate surface area is 163 Å². The first kappa shape index (κ1) is 18.5. The Bertz CT molecular complexity index is 901. The van der Waals surface area contributed by atoms with E-state index < -0.39 is 0 Å². The highest BCUT2D eigenvalue weighted by Gasteiger charge is 2.35. The van der Waals surface area contributed by atoms with Crippen molar-refractivity contribution in [2.45, 2.75) is 58.3 Å². The van der Waals surface area contributed by atoms with E-state index in [9.17, 15) is 9.59 Å². The van der Waals surface area contributed by atoms with Crippen molar-refractivity contribution in [3.63, 3.8) is 0 Å². The number of amides is 2. The van der Waals surface area contributed by atoms with Crippen LogP contribution in [0.1, 0.15) is 64.7 Å². The minimum absolute atomic E-state index is 0.0358. The molecule has 1 aliphatic carbocycles. The normalized spacial score (nSPS) is 16.5. The third-order valence-electron chi connectivity index (χ3n) is 5.60. The molecular formula is C20H25N5O3. The van der Waals surface area contributed by atoms with Gasteiger partial charge in [0, 0.05) is 30.9 Å². The standard InChI is InChI=1S/C20H25N5O3/c1-3-25-17(8-9-22-25)18(26)21-11-13-10-15-16(23-19(13)28-2)12-24(20(15)27)14-6-4-5-7-14/h8-10,14H,3-7,11-12H2,1-2H3,(H,21,26). The third-order valence-corrected chi connectivity index (χ3v) is 5.60. The van der Waals surface area contributed by atoms with Crippen molar-refractivity contribution >= 4 is 11.8 Å². The molecule has 8 nitrogen and oxygen atoms in total. The van der Waals surface area contributed by atoms with Crippen molar-refractivity contribution in [2.24, 2.45) is 0 Å². The van der Waals surface area contributed by atoms with Crippen LogP contribution >= 0.6 is 0 Å². The van der Waals surface area contributed by atoms with Crippen LogP contribution in [0, 0.1) is 0 Å². The Morgan fingerprint density at radius 2 is 2.14 bits per heavy atom. The molecule has 0 saturated heterocycles. The smallest absolute Gasteiger partial charge is 0.269 e. The van der Waals surface area contributed by atoms with Crippen LogP contribution in [0.25, 0.3) is 0 Å². The predicted octanol–water partition coefficient (Wildman–Crippen LogP) is 2.13. The van der Waals surface area contributed by atoms with E-state index in [-0.39, 0.29) is 18.4 Å². The van der Waals surface area contributed by atoms with E-state index in [1.165, 1.54) is 12.8 Å². The van der Waals surface area contributed by atoms with Crippen LogP contribution in [0.5, 0.6) is 5.88 Å². The fourth-order valence-electron chi connectivity index (χ4n) is 4.13. The summed E-state index contributed by atoms with van der Waals surface area (Å²) in [6, 6.07) is 3.81. The Balaban J connectivity index is 1.52. The minimum atomic E-state index is -0.221. The second-order valence-corrected chi connectivity index (χ2v) is 7.24. The highest BCUT2D eigenvalue weighted by atomic mass is 16.5. The van der Waals surface area contributed by atoms with E-state index in [1.807, 2.05) is 17.9 Å². The molecule has 0 spiro atoms. The van der Waals surface area contributed by atoms with Crippen LogP contribution in [0.2, 0.25) is 0 Å². The summed E-state index contributed by atoms with van der Waals surface area (Å²) in [5.74, 6) is 0.263. The highest BCUT2D eigenvalue weighted by molar-refractivity contribution is 5.98. The van der Waals surface area contributed by atoms with Gasteiger partial charge in [-0.05, 0) is 31.9 Å². The van der Waals surface area contributed by atoms with Crippen molar-refractivity contribution < 1.29 is 14.3 Å². The van der Waals surface area contributed by atoms with E-state index >= 15 is 0 Å². The van der Waals surface area contributed by atoms with Gasteiger partial charge in [0.05, 0.1) is 24.9 Å². The van der Waals surface area contributed by atoms with E-state index in [4.69, 9.17) is 4.74 Å². The number of hydrogen-bond donors (Lipinski definition) is 1. The first-order chi connectivity index (χ1) is 13.6. The molecule has 3 heterocycles. The molecule has 8 heteroatoms. The molecule has 2 aromatic rings. The molecule has 1 aliphatic heterocycles. The van der Waals surface area contributed by atoms with Crippen LogP contribution in [-0.4, -0.2) is 44.6 Å². The van der Waals surface area contributed by atoms with Crippen LogP contribution < -0.4 is 10.1 Å². The zero-order valence-corrected chi connectivity index (χ0v) is 16.3. The lowest BCUT2D eigenvalue weighted by Gasteiger charge is -2.22. The summed E-state index contributed by atoms with van der Waals surface area (Å²) in [6.45, 7) is 3.31. The monoisotopic (exact) mass is 383 g/mol. The molecule has 4 rings (SSSR count). The van der Waals surface area contributed by atoms with Gasteiger partial charge in [0.25, 0.3) is 11.8 Å². The number of methoxy groups -OCH3 is 1. The average molecular weight is 383 g/mol. The quantitative estimate of drug-likeness (QED) is 0.825. The number of hydrogen-bond acceptors (Lipinski definition) is 5. The van der Waals surface area contributed by atoms with Crippen molar-refractivity contribution in [3.8, 4) is 5.88 Å². The van der Waals surface area contributed by atoms with Gasteiger partial charge in [-0.3, -0.25) is 14.3 Å². The van der Waals surface area contributed by atoms with Crippen molar-refractivity contribution in [3.05, 3.63) is 40.8 Å². The predicted molar refractivity (Wildman–Crippen MR) is 102 cm³/mol. The molecule has 0 bridgehead atoms. The molecule has 2 aliphatic rings. The van der Waals surface area contributed by atoms with Gasteiger partial charge >= 0.3 is 0 Å². The van der Waals surface area contributed by atoms with Gasteiger partial charge in [-0.25, -0.2) is 4.98 Å². The number of carbonyl (C=O) groups is 2. The molecule has 1 fully saturated rings. The second kappa shape index (κ2) is 7.61. The maximum absolute atomic E-state index is 12.9. The molecule has 2 aromatic heterocycles. The number of fused-ring (bicyclic) bond motifs is 1. The van der Waals surface area contributed by atoms with Crippen LogP contribution in [0.3, 0.4) is 0 Å². The summed E-state index contributed by atoms with van der Waals surface area (Å²) < 4.78 is 7.06. The second-order valence-electron chi connectivity index (χ2n) is 7.24. The van der Waals surface area contributed by atoms with E-state index in [0.29, 0.717) is 41.8 Å². The number of pyridine rings is 1. The number of carbonyl (C=O) groups excluding carboxylic acids is 2. The largest absolute Gasteiger partial charge is 0.481 e. The summed E-state index contributed by atoms with van der Waals surface area (Å²) in [5, 5.41) is 6.99. The molecule has 2 amide bonds. The van der Waals surface area contributed by atoms with Crippen LogP contribution in [0.15, 0.2) is 18.3 Å². The highest BCUT2D eigenvalue weighted by Crippen LogP contribution is 2.33. The van der Waals surface area contributed by atoms with Crippen LogP contribution in [0.4, 0.5) is 0 Å². The Kier molecular flexibility index (Phi) is 5.02. The molecule has 0 atom stereocenters. The molecule has 148 valence electrons. The molecule has 0 radical (unpaired) electrons. The zero-order valence-electron chi connectivity index (χ0n) is 16.3. The van der Waals surface area contributed by atoms with Gasteiger partial charge in [-0.2, -0.15) is 5.10 Å². The number of aromatic nitrogens is 3. The molecular weight excluding hydrogens is 358 g/mol. The van der Waals surface area contributed by atoms with Gasteiger partial charge in [0.15, 0.2) is 0 Å². The maximum Gasteiger partial charge on any atom is 0.269 e. The van der Waals surface area contributed by atoms with Crippen molar-refractivity contribution in [1.29, 1.82) is 0 Å². The molecule has 0 aromatic carbocycles. The van der Waals surface area contributed by atoms with Crippen molar-refractivity contribution in [2.75, 3.05) is 7.11 Å². The van der Waals surface area contributed by atoms with Gasteiger partial charge < -0.3 is 15.0 Å². The summed E-state index contributed by atoms with van der Waals surface area (Å²) in [5.41, 5.74) is 2.57. The van der Waals surface area contributed by atoms with Gasteiger partial charge in [-0.1, -0.05) is 12.8 Å². The van der Waals surface area contributed by atoms with E-state index in [1.54, 1.807) is 24.1 Å². The lowest BCUT2D eigenvalue weighted by atomic mass is 10.1. The third kappa shape index (κ3) is 3.23. The fourth-order valence-corrected chi connectivity index (χ4v) is 4.13. The molecule has 1 N–H and O–H groups in total.